The van der Waals surface area contributed by atoms with Gasteiger partial charge in [0.1, 0.15) is 18.6 Å². The summed E-state index contributed by atoms with van der Waals surface area (Å²) in [5, 5.41) is 3.01. The maximum atomic E-state index is 12.9. The second-order valence-corrected chi connectivity index (χ2v) is 8.21. The first kappa shape index (κ1) is 18.0. The van der Waals surface area contributed by atoms with E-state index in [2.05, 4.69) is 31.3 Å². The van der Waals surface area contributed by atoms with Crippen LogP contribution in [0.1, 0.15) is 36.3 Å². The first-order valence-corrected chi connectivity index (χ1v) is 10.4. The molecule has 1 atom stereocenters. The van der Waals surface area contributed by atoms with Crippen LogP contribution >= 0.6 is 11.8 Å². The average Bonchev–Trinajstić information content (AvgIpc) is 3.18. The van der Waals surface area contributed by atoms with Crippen LogP contribution in [0.15, 0.2) is 42.5 Å². The van der Waals surface area contributed by atoms with E-state index in [1.54, 1.807) is 11.8 Å². The van der Waals surface area contributed by atoms with Gasteiger partial charge in [0.25, 0.3) is 0 Å². The topological polar surface area (TPSA) is 50.8 Å². The molecule has 27 heavy (non-hydrogen) atoms. The monoisotopic (exact) mass is 384 g/mol. The Morgan fingerprint density at radius 2 is 1.85 bits per heavy atom. The molecule has 4 rings (SSSR count). The van der Waals surface area contributed by atoms with Crippen LogP contribution in [0.2, 0.25) is 0 Å². The number of carbonyl (C=O) groups excluding carboxylic acids is 1. The van der Waals surface area contributed by atoms with Gasteiger partial charge >= 0.3 is 6.03 Å². The van der Waals surface area contributed by atoms with E-state index in [0.29, 0.717) is 19.1 Å². The van der Waals surface area contributed by atoms with Crippen molar-refractivity contribution in [2.45, 2.75) is 25.1 Å². The van der Waals surface area contributed by atoms with Crippen molar-refractivity contribution in [3.8, 4) is 11.5 Å². The third-order valence-corrected chi connectivity index (χ3v) is 6.09. The number of hydrogen-bond donors (Lipinski definition) is 1. The summed E-state index contributed by atoms with van der Waals surface area (Å²) in [5.74, 6) is 2.92. The van der Waals surface area contributed by atoms with Crippen LogP contribution < -0.4 is 14.8 Å². The summed E-state index contributed by atoms with van der Waals surface area (Å²) in [6.07, 6.45) is 0. The van der Waals surface area contributed by atoms with Crippen molar-refractivity contribution >= 4 is 23.5 Å². The third kappa shape index (κ3) is 3.86. The van der Waals surface area contributed by atoms with Crippen molar-refractivity contribution in [1.82, 2.24) is 4.90 Å². The molecule has 2 aromatic rings. The number of benzene rings is 2. The largest absolute Gasteiger partial charge is 0.486 e. The lowest BCUT2D eigenvalue weighted by atomic mass is 10.0. The van der Waals surface area contributed by atoms with E-state index in [4.69, 9.17) is 9.47 Å². The number of urea groups is 1. The summed E-state index contributed by atoms with van der Waals surface area (Å²) in [4.78, 5) is 14.7. The predicted octanol–water partition coefficient (Wildman–Crippen LogP) is 4.86. The fraction of sp³-hybridized carbons (Fsp3) is 0.381. The minimum absolute atomic E-state index is 0.0178. The lowest BCUT2D eigenvalue weighted by molar-refractivity contribution is 0.171. The Morgan fingerprint density at radius 1 is 1.11 bits per heavy atom. The third-order valence-electron chi connectivity index (χ3n) is 4.83. The highest BCUT2D eigenvalue weighted by molar-refractivity contribution is 7.99. The number of amides is 2. The van der Waals surface area contributed by atoms with Gasteiger partial charge in [-0.15, -0.1) is 11.8 Å². The lowest BCUT2D eigenvalue weighted by Crippen LogP contribution is -2.34. The van der Waals surface area contributed by atoms with Gasteiger partial charge in [0.15, 0.2) is 11.5 Å². The molecule has 2 aliphatic rings. The van der Waals surface area contributed by atoms with Crippen molar-refractivity contribution in [2.24, 2.45) is 0 Å². The van der Waals surface area contributed by atoms with Crippen molar-refractivity contribution < 1.29 is 14.3 Å². The number of anilines is 1. The zero-order chi connectivity index (χ0) is 18.8. The molecule has 1 N–H and O–H groups in total. The molecule has 0 radical (unpaired) electrons. The van der Waals surface area contributed by atoms with Crippen LogP contribution in [0.4, 0.5) is 10.5 Å². The van der Waals surface area contributed by atoms with Gasteiger partial charge in [0, 0.05) is 18.0 Å². The molecule has 2 aliphatic heterocycles. The zero-order valence-electron chi connectivity index (χ0n) is 15.6. The SMILES string of the molecule is CC(C)c1ccc(NC(=O)N2CCSC2c2ccc3c(c2)OCCO3)cc1. The van der Waals surface area contributed by atoms with Gasteiger partial charge < -0.3 is 19.7 Å². The Hall–Kier alpha value is -2.34. The Balaban J connectivity index is 1.48. The van der Waals surface area contributed by atoms with E-state index in [1.165, 1.54) is 5.56 Å². The first-order valence-electron chi connectivity index (χ1n) is 9.30. The van der Waals surface area contributed by atoms with Gasteiger partial charge in [-0.1, -0.05) is 32.0 Å². The van der Waals surface area contributed by atoms with Crippen LogP contribution in [0.25, 0.3) is 0 Å². The number of thioether (sulfide) groups is 1. The van der Waals surface area contributed by atoms with Crippen LogP contribution in [0, 0.1) is 0 Å². The summed E-state index contributed by atoms with van der Waals surface area (Å²) in [7, 11) is 0. The minimum atomic E-state index is -0.0721. The fourth-order valence-corrected chi connectivity index (χ4v) is 4.56. The zero-order valence-corrected chi connectivity index (χ0v) is 16.4. The van der Waals surface area contributed by atoms with Crippen molar-refractivity contribution in [1.29, 1.82) is 0 Å². The van der Waals surface area contributed by atoms with Crippen molar-refractivity contribution in [3.05, 3.63) is 53.6 Å². The van der Waals surface area contributed by atoms with E-state index in [1.807, 2.05) is 35.2 Å². The van der Waals surface area contributed by atoms with Gasteiger partial charge in [0.2, 0.25) is 0 Å². The van der Waals surface area contributed by atoms with Crippen LogP contribution in [0.3, 0.4) is 0 Å². The highest BCUT2D eigenvalue weighted by Crippen LogP contribution is 2.41. The Morgan fingerprint density at radius 3 is 2.59 bits per heavy atom. The second-order valence-electron chi connectivity index (χ2n) is 7.03. The number of hydrogen-bond acceptors (Lipinski definition) is 4. The Kier molecular flexibility index (Phi) is 5.16. The summed E-state index contributed by atoms with van der Waals surface area (Å²) < 4.78 is 11.3. The Labute approximate surface area is 164 Å². The second kappa shape index (κ2) is 7.72. The number of nitrogens with one attached hydrogen (secondary N) is 1. The van der Waals surface area contributed by atoms with Crippen LogP contribution in [0.5, 0.6) is 11.5 Å². The molecule has 1 saturated heterocycles. The van der Waals surface area contributed by atoms with Gasteiger partial charge in [-0.05, 0) is 41.3 Å². The number of rotatable bonds is 3. The van der Waals surface area contributed by atoms with Crippen LogP contribution in [-0.4, -0.2) is 36.4 Å². The fourth-order valence-electron chi connectivity index (χ4n) is 3.31. The molecule has 0 spiro atoms. The Bertz CT molecular complexity index is 823. The van der Waals surface area contributed by atoms with Gasteiger partial charge in [-0.3, -0.25) is 0 Å². The average molecular weight is 385 g/mol. The van der Waals surface area contributed by atoms with E-state index < -0.39 is 0 Å². The molecule has 5 nitrogen and oxygen atoms in total. The minimum Gasteiger partial charge on any atom is -0.486 e. The predicted molar refractivity (Wildman–Crippen MR) is 109 cm³/mol. The lowest BCUT2D eigenvalue weighted by Gasteiger charge is -2.26. The maximum absolute atomic E-state index is 12.9. The summed E-state index contributed by atoms with van der Waals surface area (Å²) >= 11 is 1.77. The van der Waals surface area contributed by atoms with E-state index in [-0.39, 0.29) is 11.4 Å². The van der Waals surface area contributed by atoms with Crippen molar-refractivity contribution in [2.75, 3.05) is 30.8 Å². The quantitative estimate of drug-likeness (QED) is 0.821. The van der Waals surface area contributed by atoms with E-state index in [0.717, 1.165) is 35.0 Å². The molecule has 142 valence electrons. The summed E-state index contributed by atoms with van der Waals surface area (Å²) in [6.45, 7) is 6.18. The van der Waals surface area contributed by atoms with Gasteiger partial charge in [-0.25, -0.2) is 4.79 Å². The summed E-state index contributed by atoms with van der Waals surface area (Å²) in [6, 6.07) is 13.9. The molecular weight excluding hydrogens is 360 g/mol. The highest BCUT2D eigenvalue weighted by Gasteiger charge is 2.31. The molecule has 1 fully saturated rings. The molecule has 1 unspecified atom stereocenters. The maximum Gasteiger partial charge on any atom is 0.323 e. The van der Waals surface area contributed by atoms with Crippen LogP contribution in [-0.2, 0) is 0 Å². The highest BCUT2D eigenvalue weighted by atomic mass is 32.2. The molecular formula is C21H24N2O3S. The molecule has 2 heterocycles. The van der Waals surface area contributed by atoms with E-state index in [9.17, 15) is 4.79 Å². The smallest absolute Gasteiger partial charge is 0.323 e. The molecule has 2 amide bonds. The molecule has 2 aromatic carbocycles. The van der Waals surface area contributed by atoms with Gasteiger partial charge in [0.05, 0.1) is 0 Å². The molecule has 0 aliphatic carbocycles. The summed E-state index contributed by atoms with van der Waals surface area (Å²) in [5.41, 5.74) is 3.15. The molecule has 0 aromatic heterocycles. The molecule has 6 heteroatoms. The molecule has 0 bridgehead atoms. The normalized spacial score (nSPS) is 18.6. The standard InChI is InChI=1S/C21H24N2O3S/c1-14(2)15-3-6-17(7-4-15)22-21(24)23-9-12-27-20(23)16-5-8-18-19(13-16)26-11-10-25-18/h3-8,13-14,20H,9-12H2,1-2H3,(H,22,24). The number of fused-ring (bicyclic) bond motifs is 1. The molecule has 0 saturated carbocycles. The number of carbonyl (C=O) groups is 1. The number of nitrogens with zero attached hydrogens (tertiary/aromatic N) is 1. The number of ether oxygens (including phenoxy) is 2. The van der Waals surface area contributed by atoms with E-state index >= 15 is 0 Å². The van der Waals surface area contributed by atoms with Crippen molar-refractivity contribution in [3.63, 3.8) is 0 Å². The first-order chi connectivity index (χ1) is 13.1. The van der Waals surface area contributed by atoms with Gasteiger partial charge in [-0.2, -0.15) is 0 Å².